The fourth-order valence-electron chi connectivity index (χ4n) is 1.51. The Balaban J connectivity index is 2.56. The van der Waals surface area contributed by atoms with Gasteiger partial charge in [0.25, 0.3) is 0 Å². The highest BCUT2D eigenvalue weighted by molar-refractivity contribution is 7.89. The van der Waals surface area contributed by atoms with E-state index in [2.05, 4.69) is 4.72 Å². The molecule has 5 nitrogen and oxygen atoms in total. The molecule has 0 saturated carbocycles. The van der Waals surface area contributed by atoms with Crippen LogP contribution < -0.4 is 4.72 Å². The summed E-state index contributed by atoms with van der Waals surface area (Å²) in [6, 6.07) is 7.03. The Bertz CT molecular complexity index is 561. The van der Waals surface area contributed by atoms with Gasteiger partial charge in [-0.15, -0.1) is 0 Å². The fraction of sp³-hybridized carbons (Fsp3) is 0.357. The molecule has 0 heterocycles. The highest BCUT2D eigenvalue weighted by Gasteiger charge is 2.08. The SMILES string of the molecule is CCCCS(=O)(=O)NCc1ccc(C=CC(=O)O)cc1. The number of carboxylic acid groups (broad SMARTS) is 1. The third-order valence-electron chi connectivity index (χ3n) is 2.66. The molecule has 0 aliphatic heterocycles. The molecule has 0 bridgehead atoms. The van der Waals surface area contributed by atoms with E-state index >= 15 is 0 Å². The highest BCUT2D eigenvalue weighted by Crippen LogP contribution is 2.07. The zero-order chi connectivity index (χ0) is 15.0. The number of nitrogens with one attached hydrogen (secondary N) is 1. The number of hydrogen-bond donors (Lipinski definition) is 2. The van der Waals surface area contributed by atoms with Crippen LogP contribution in [-0.2, 0) is 21.4 Å². The Labute approximate surface area is 119 Å². The minimum Gasteiger partial charge on any atom is -0.478 e. The van der Waals surface area contributed by atoms with Crippen LogP contribution in [0.15, 0.2) is 30.3 Å². The Kier molecular flexibility index (Phi) is 6.41. The number of benzene rings is 1. The lowest BCUT2D eigenvalue weighted by Gasteiger charge is -2.06. The monoisotopic (exact) mass is 297 g/mol. The topological polar surface area (TPSA) is 83.5 Å². The van der Waals surface area contributed by atoms with Crippen molar-refractivity contribution in [3.63, 3.8) is 0 Å². The maximum absolute atomic E-state index is 11.6. The number of sulfonamides is 1. The van der Waals surface area contributed by atoms with Crippen molar-refractivity contribution in [1.82, 2.24) is 4.72 Å². The molecule has 0 amide bonds. The second-order valence-electron chi connectivity index (χ2n) is 4.41. The predicted octanol–water partition coefficient (Wildman–Crippen LogP) is 2.00. The summed E-state index contributed by atoms with van der Waals surface area (Å²) in [7, 11) is -3.22. The molecule has 1 rings (SSSR count). The molecule has 20 heavy (non-hydrogen) atoms. The van der Waals surface area contributed by atoms with Gasteiger partial charge in [0, 0.05) is 12.6 Å². The summed E-state index contributed by atoms with van der Waals surface area (Å²) in [6.45, 7) is 2.19. The van der Waals surface area contributed by atoms with E-state index in [-0.39, 0.29) is 12.3 Å². The van der Waals surface area contributed by atoms with Crippen molar-refractivity contribution in [2.75, 3.05) is 5.75 Å². The minimum absolute atomic E-state index is 0.142. The van der Waals surface area contributed by atoms with Crippen LogP contribution in [0.2, 0.25) is 0 Å². The van der Waals surface area contributed by atoms with Crippen LogP contribution in [0.5, 0.6) is 0 Å². The summed E-state index contributed by atoms with van der Waals surface area (Å²) in [5, 5.41) is 8.51. The number of carbonyl (C=O) groups is 1. The molecule has 1 aromatic carbocycles. The summed E-state index contributed by atoms with van der Waals surface area (Å²) in [4.78, 5) is 10.4. The van der Waals surface area contributed by atoms with Gasteiger partial charge in [0.05, 0.1) is 5.75 Å². The van der Waals surface area contributed by atoms with Crippen LogP contribution in [0.4, 0.5) is 0 Å². The molecule has 1 aromatic rings. The first-order valence-electron chi connectivity index (χ1n) is 6.40. The van der Waals surface area contributed by atoms with Crippen LogP contribution >= 0.6 is 0 Å². The van der Waals surface area contributed by atoms with Crippen molar-refractivity contribution in [2.24, 2.45) is 0 Å². The average molecular weight is 297 g/mol. The summed E-state index contributed by atoms with van der Waals surface area (Å²) in [5.41, 5.74) is 1.59. The van der Waals surface area contributed by atoms with Crippen molar-refractivity contribution < 1.29 is 18.3 Å². The lowest BCUT2D eigenvalue weighted by atomic mass is 10.1. The van der Waals surface area contributed by atoms with Gasteiger partial charge in [-0.3, -0.25) is 0 Å². The van der Waals surface area contributed by atoms with E-state index in [0.717, 1.165) is 23.6 Å². The zero-order valence-corrected chi connectivity index (χ0v) is 12.2. The molecule has 0 radical (unpaired) electrons. The third kappa shape index (κ3) is 6.49. The van der Waals surface area contributed by atoms with Crippen molar-refractivity contribution in [2.45, 2.75) is 26.3 Å². The lowest BCUT2D eigenvalue weighted by Crippen LogP contribution is -2.25. The number of unbranched alkanes of at least 4 members (excludes halogenated alkanes) is 1. The van der Waals surface area contributed by atoms with E-state index in [1.54, 1.807) is 24.3 Å². The summed E-state index contributed by atoms with van der Waals surface area (Å²) in [5.74, 6) is -0.860. The number of aliphatic carboxylic acids is 1. The van der Waals surface area contributed by atoms with Gasteiger partial charge >= 0.3 is 5.97 Å². The van der Waals surface area contributed by atoms with Gasteiger partial charge in [-0.05, 0) is 23.6 Å². The quantitative estimate of drug-likeness (QED) is 0.719. The van der Waals surface area contributed by atoms with Crippen molar-refractivity contribution in [3.05, 3.63) is 41.5 Å². The van der Waals surface area contributed by atoms with E-state index in [1.165, 1.54) is 6.08 Å². The Morgan fingerprint density at radius 2 is 1.95 bits per heavy atom. The van der Waals surface area contributed by atoms with Crippen molar-refractivity contribution >= 4 is 22.1 Å². The van der Waals surface area contributed by atoms with Crippen molar-refractivity contribution in [3.8, 4) is 0 Å². The molecule has 0 aliphatic rings. The maximum atomic E-state index is 11.6. The molecule has 110 valence electrons. The molecule has 2 N–H and O–H groups in total. The second-order valence-corrected chi connectivity index (χ2v) is 6.33. The summed E-state index contributed by atoms with van der Waals surface area (Å²) < 4.78 is 25.8. The standard InChI is InChI=1S/C14H19NO4S/c1-2-3-10-20(18,19)15-11-13-6-4-12(5-7-13)8-9-14(16)17/h4-9,15H,2-3,10-11H2,1H3,(H,16,17). The van der Waals surface area contributed by atoms with Crippen LogP contribution in [0.1, 0.15) is 30.9 Å². The van der Waals surface area contributed by atoms with Gasteiger partial charge in [0.2, 0.25) is 10.0 Å². The molecular formula is C14H19NO4S. The molecular weight excluding hydrogens is 278 g/mol. The van der Waals surface area contributed by atoms with Gasteiger partial charge in [-0.1, -0.05) is 37.6 Å². The average Bonchev–Trinajstić information content (AvgIpc) is 2.42. The van der Waals surface area contributed by atoms with Crippen LogP contribution in [0.25, 0.3) is 6.08 Å². The first kappa shape index (κ1) is 16.4. The van der Waals surface area contributed by atoms with E-state index < -0.39 is 16.0 Å². The molecule has 0 unspecified atom stereocenters. The number of hydrogen-bond acceptors (Lipinski definition) is 3. The molecule has 0 aliphatic carbocycles. The summed E-state index contributed by atoms with van der Waals surface area (Å²) in [6.07, 6.45) is 4.03. The van der Waals surface area contributed by atoms with Gasteiger partial charge in [0.1, 0.15) is 0 Å². The number of rotatable bonds is 8. The van der Waals surface area contributed by atoms with Crippen molar-refractivity contribution in [1.29, 1.82) is 0 Å². The van der Waals surface area contributed by atoms with Gasteiger partial charge in [-0.25, -0.2) is 17.9 Å². The predicted molar refractivity (Wildman–Crippen MR) is 78.6 cm³/mol. The van der Waals surface area contributed by atoms with Gasteiger partial charge in [-0.2, -0.15) is 0 Å². The normalized spacial score (nSPS) is 11.8. The summed E-state index contributed by atoms with van der Waals surface area (Å²) >= 11 is 0. The smallest absolute Gasteiger partial charge is 0.328 e. The molecule has 0 aromatic heterocycles. The first-order valence-corrected chi connectivity index (χ1v) is 8.05. The van der Waals surface area contributed by atoms with E-state index in [1.807, 2.05) is 6.92 Å². The molecule has 0 fully saturated rings. The molecule has 6 heteroatoms. The van der Waals surface area contributed by atoms with Crippen LogP contribution in [0, 0.1) is 0 Å². The largest absolute Gasteiger partial charge is 0.478 e. The zero-order valence-electron chi connectivity index (χ0n) is 11.4. The molecule has 0 saturated heterocycles. The van der Waals surface area contributed by atoms with E-state index in [0.29, 0.717) is 6.42 Å². The molecule has 0 atom stereocenters. The number of carboxylic acids is 1. The van der Waals surface area contributed by atoms with Crippen LogP contribution in [0.3, 0.4) is 0 Å². The second kappa shape index (κ2) is 7.81. The fourth-order valence-corrected chi connectivity index (χ4v) is 2.71. The van der Waals surface area contributed by atoms with Crippen LogP contribution in [-0.4, -0.2) is 25.2 Å². The Morgan fingerprint density at radius 1 is 1.30 bits per heavy atom. The lowest BCUT2D eigenvalue weighted by molar-refractivity contribution is -0.131. The first-order chi connectivity index (χ1) is 9.43. The Morgan fingerprint density at radius 3 is 2.50 bits per heavy atom. The molecule has 0 spiro atoms. The maximum Gasteiger partial charge on any atom is 0.328 e. The van der Waals surface area contributed by atoms with E-state index in [9.17, 15) is 13.2 Å². The third-order valence-corrected chi connectivity index (χ3v) is 4.07. The Hall–Kier alpha value is -1.66. The van der Waals surface area contributed by atoms with E-state index in [4.69, 9.17) is 5.11 Å². The van der Waals surface area contributed by atoms with Gasteiger partial charge in [0.15, 0.2) is 0 Å². The highest BCUT2D eigenvalue weighted by atomic mass is 32.2. The minimum atomic E-state index is -3.22. The van der Waals surface area contributed by atoms with Gasteiger partial charge < -0.3 is 5.11 Å².